The Bertz CT molecular complexity index is 640. The van der Waals surface area contributed by atoms with Crippen LogP contribution in [0, 0.1) is 0 Å². The Labute approximate surface area is 125 Å². The largest absolute Gasteiger partial charge is 0.506 e. The zero-order valence-electron chi connectivity index (χ0n) is 11.0. The third kappa shape index (κ3) is 4.22. The molecule has 0 unspecified atom stereocenters. The summed E-state index contributed by atoms with van der Waals surface area (Å²) in [7, 11) is 0. The lowest BCUT2D eigenvalue weighted by molar-refractivity contribution is 0.0696. The molecular formula is C14H14N2O4S. The second-order valence-electron chi connectivity index (χ2n) is 4.25. The van der Waals surface area contributed by atoms with Crippen molar-refractivity contribution in [2.75, 3.05) is 11.9 Å². The molecule has 0 radical (unpaired) electrons. The number of aromatic hydroxyl groups is 1. The summed E-state index contributed by atoms with van der Waals surface area (Å²) in [5, 5.41) is 25.5. The molecule has 2 amide bonds. The first kappa shape index (κ1) is 14.9. The Morgan fingerprint density at radius 3 is 2.67 bits per heavy atom. The minimum absolute atomic E-state index is 0.0452. The summed E-state index contributed by atoms with van der Waals surface area (Å²) in [6.45, 7) is 0.473. The van der Waals surface area contributed by atoms with Gasteiger partial charge in [-0.3, -0.25) is 0 Å². The maximum absolute atomic E-state index is 11.7. The van der Waals surface area contributed by atoms with E-state index in [1.165, 1.54) is 17.0 Å². The van der Waals surface area contributed by atoms with Crippen LogP contribution in [0.5, 0.6) is 5.75 Å². The van der Waals surface area contributed by atoms with Gasteiger partial charge in [-0.1, -0.05) is 6.07 Å². The molecule has 2 rings (SSSR count). The number of phenolic OH excluding ortho intramolecular Hbond substituents is 1. The highest BCUT2D eigenvalue weighted by Gasteiger charge is 2.09. The van der Waals surface area contributed by atoms with Gasteiger partial charge in [-0.15, -0.1) is 11.3 Å². The molecule has 0 bridgehead atoms. The number of carboxylic acid groups (broad SMARTS) is 1. The van der Waals surface area contributed by atoms with Crippen molar-refractivity contribution in [3.8, 4) is 5.75 Å². The van der Waals surface area contributed by atoms with E-state index >= 15 is 0 Å². The van der Waals surface area contributed by atoms with Crippen molar-refractivity contribution in [2.45, 2.75) is 6.42 Å². The minimum atomic E-state index is -1.14. The number of hydrogen-bond donors (Lipinski definition) is 4. The Morgan fingerprint density at radius 1 is 1.24 bits per heavy atom. The molecule has 21 heavy (non-hydrogen) atoms. The fourth-order valence-corrected chi connectivity index (χ4v) is 2.40. The molecule has 1 heterocycles. The van der Waals surface area contributed by atoms with E-state index in [-0.39, 0.29) is 17.0 Å². The number of amides is 2. The molecule has 110 valence electrons. The van der Waals surface area contributed by atoms with Crippen molar-refractivity contribution in [1.29, 1.82) is 0 Å². The number of phenols is 1. The highest BCUT2D eigenvalue weighted by atomic mass is 32.1. The number of nitrogens with one attached hydrogen (secondary N) is 2. The van der Waals surface area contributed by atoms with Crippen LogP contribution in [-0.4, -0.2) is 28.8 Å². The van der Waals surface area contributed by atoms with Crippen LogP contribution in [0.1, 0.15) is 15.2 Å². The van der Waals surface area contributed by atoms with Gasteiger partial charge in [0.15, 0.2) is 0 Å². The number of hydrogen-bond acceptors (Lipinski definition) is 4. The van der Waals surface area contributed by atoms with Gasteiger partial charge in [0.25, 0.3) is 0 Å². The SMILES string of the molecule is O=C(NCCc1cccs1)Nc1ccc(C(=O)O)cc1O. The molecule has 1 aromatic carbocycles. The number of urea groups is 1. The number of carboxylic acids is 1. The van der Waals surface area contributed by atoms with E-state index < -0.39 is 12.0 Å². The van der Waals surface area contributed by atoms with Gasteiger partial charge < -0.3 is 20.8 Å². The Balaban J connectivity index is 1.86. The molecule has 6 nitrogen and oxygen atoms in total. The van der Waals surface area contributed by atoms with Gasteiger partial charge in [0.05, 0.1) is 11.3 Å². The lowest BCUT2D eigenvalue weighted by atomic mass is 10.2. The van der Waals surface area contributed by atoms with Crippen LogP contribution in [0.15, 0.2) is 35.7 Å². The predicted octanol–water partition coefficient (Wildman–Crippen LogP) is 2.52. The normalized spacial score (nSPS) is 10.1. The summed E-state index contributed by atoms with van der Waals surface area (Å²) in [4.78, 5) is 23.6. The molecule has 0 spiro atoms. The fourth-order valence-electron chi connectivity index (χ4n) is 1.69. The topological polar surface area (TPSA) is 98.7 Å². The first-order chi connectivity index (χ1) is 10.1. The summed E-state index contributed by atoms with van der Waals surface area (Å²) in [5.74, 6) is -1.43. The first-order valence-corrected chi connectivity index (χ1v) is 7.08. The number of benzene rings is 1. The Hall–Kier alpha value is -2.54. The maximum Gasteiger partial charge on any atom is 0.335 e. The van der Waals surface area contributed by atoms with E-state index in [1.807, 2.05) is 17.5 Å². The van der Waals surface area contributed by atoms with Crippen LogP contribution in [0.25, 0.3) is 0 Å². The molecule has 0 saturated carbocycles. The maximum atomic E-state index is 11.7. The average molecular weight is 306 g/mol. The second-order valence-corrected chi connectivity index (χ2v) is 5.28. The highest BCUT2D eigenvalue weighted by molar-refractivity contribution is 7.09. The number of thiophene rings is 1. The van der Waals surface area contributed by atoms with Gasteiger partial charge >= 0.3 is 12.0 Å². The lowest BCUT2D eigenvalue weighted by Crippen LogP contribution is -2.30. The van der Waals surface area contributed by atoms with Gasteiger partial charge in [-0.05, 0) is 36.1 Å². The zero-order valence-corrected chi connectivity index (χ0v) is 11.8. The van der Waals surface area contributed by atoms with Gasteiger partial charge in [0.2, 0.25) is 0 Å². The van der Waals surface area contributed by atoms with E-state index in [2.05, 4.69) is 10.6 Å². The standard InChI is InChI=1S/C14H14N2O4S/c17-12-8-9(13(18)19)3-4-11(12)16-14(20)15-6-5-10-2-1-7-21-10/h1-4,7-8,17H,5-6H2,(H,18,19)(H2,15,16,20). The van der Waals surface area contributed by atoms with Crippen LogP contribution in [0.3, 0.4) is 0 Å². The predicted molar refractivity (Wildman–Crippen MR) is 80.1 cm³/mol. The molecule has 1 aromatic heterocycles. The van der Waals surface area contributed by atoms with Crippen molar-refractivity contribution in [2.24, 2.45) is 0 Å². The fraction of sp³-hybridized carbons (Fsp3) is 0.143. The molecule has 0 aliphatic rings. The molecular weight excluding hydrogens is 292 g/mol. The van der Waals surface area contributed by atoms with Crippen LogP contribution >= 0.6 is 11.3 Å². The first-order valence-electron chi connectivity index (χ1n) is 6.20. The van der Waals surface area contributed by atoms with Gasteiger partial charge in [0.1, 0.15) is 5.75 Å². The van der Waals surface area contributed by atoms with Crippen molar-refractivity contribution in [3.05, 3.63) is 46.2 Å². The lowest BCUT2D eigenvalue weighted by Gasteiger charge is -2.09. The molecule has 0 fully saturated rings. The molecule has 0 atom stereocenters. The molecule has 0 saturated heterocycles. The molecule has 2 aromatic rings. The van der Waals surface area contributed by atoms with E-state index in [4.69, 9.17) is 5.11 Å². The Kier molecular flexibility index (Phi) is 4.78. The Morgan fingerprint density at radius 2 is 2.05 bits per heavy atom. The third-order valence-electron chi connectivity index (χ3n) is 2.73. The van der Waals surface area contributed by atoms with Crippen molar-refractivity contribution in [3.63, 3.8) is 0 Å². The van der Waals surface area contributed by atoms with Crippen molar-refractivity contribution in [1.82, 2.24) is 5.32 Å². The second kappa shape index (κ2) is 6.76. The monoisotopic (exact) mass is 306 g/mol. The van der Waals surface area contributed by atoms with Crippen LogP contribution in [0.4, 0.5) is 10.5 Å². The smallest absolute Gasteiger partial charge is 0.335 e. The summed E-state index contributed by atoms with van der Waals surface area (Å²) in [6.07, 6.45) is 0.731. The summed E-state index contributed by atoms with van der Waals surface area (Å²) >= 11 is 1.62. The van der Waals surface area contributed by atoms with Gasteiger partial charge in [-0.25, -0.2) is 9.59 Å². The number of rotatable bonds is 5. The molecule has 4 N–H and O–H groups in total. The number of anilines is 1. The number of carbonyl (C=O) groups is 2. The third-order valence-corrected chi connectivity index (χ3v) is 3.67. The molecule has 7 heteroatoms. The summed E-state index contributed by atoms with van der Waals surface area (Å²) in [5.41, 5.74) is 0.116. The average Bonchev–Trinajstić information content (AvgIpc) is 2.94. The van der Waals surface area contributed by atoms with Crippen molar-refractivity contribution < 1.29 is 19.8 Å². The van der Waals surface area contributed by atoms with E-state index in [9.17, 15) is 14.7 Å². The quantitative estimate of drug-likeness (QED) is 0.638. The van der Waals surface area contributed by atoms with Crippen LogP contribution in [-0.2, 0) is 6.42 Å². The van der Waals surface area contributed by atoms with E-state index in [0.717, 1.165) is 12.5 Å². The zero-order chi connectivity index (χ0) is 15.2. The van der Waals surface area contributed by atoms with Crippen molar-refractivity contribution >= 4 is 29.0 Å². The molecule has 0 aliphatic heterocycles. The van der Waals surface area contributed by atoms with Gasteiger partial charge in [0, 0.05) is 11.4 Å². The van der Waals surface area contributed by atoms with E-state index in [0.29, 0.717) is 6.54 Å². The van der Waals surface area contributed by atoms with Crippen LogP contribution < -0.4 is 10.6 Å². The van der Waals surface area contributed by atoms with E-state index in [1.54, 1.807) is 11.3 Å². The highest BCUT2D eigenvalue weighted by Crippen LogP contribution is 2.24. The number of carbonyl (C=O) groups excluding carboxylic acids is 1. The number of aromatic carboxylic acids is 1. The molecule has 0 aliphatic carbocycles. The summed E-state index contributed by atoms with van der Waals surface area (Å²) in [6, 6.07) is 7.22. The van der Waals surface area contributed by atoms with Gasteiger partial charge in [-0.2, -0.15) is 0 Å². The van der Waals surface area contributed by atoms with Crippen LogP contribution in [0.2, 0.25) is 0 Å². The minimum Gasteiger partial charge on any atom is -0.506 e. The summed E-state index contributed by atoms with van der Waals surface area (Å²) < 4.78 is 0.